The third kappa shape index (κ3) is 2.42. The van der Waals surface area contributed by atoms with Gasteiger partial charge in [-0.1, -0.05) is 0 Å². The van der Waals surface area contributed by atoms with Gasteiger partial charge in [-0.3, -0.25) is 4.90 Å². The summed E-state index contributed by atoms with van der Waals surface area (Å²) in [5.74, 6) is 0. The van der Waals surface area contributed by atoms with E-state index in [1.54, 1.807) is 6.08 Å². The van der Waals surface area contributed by atoms with Gasteiger partial charge in [0.2, 0.25) is 6.08 Å². The smallest absolute Gasteiger partial charge is 0.236 e. The predicted molar refractivity (Wildman–Crippen MR) is 40.0 cm³/mol. The lowest BCUT2D eigenvalue weighted by Gasteiger charge is -2.28. The van der Waals surface area contributed by atoms with Crippen LogP contribution >= 0.6 is 0 Å². The minimum Gasteiger partial charge on any atom is -0.379 e. The van der Waals surface area contributed by atoms with Crippen molar-refractivity contribution in [2.75, 3.05) is 26.3 Å². The Hall–Kier alpha value is -0.700. The molecule has 11 heavy (non-hydrogen) atoms. The van der Waals surface area contributed by atoms with Gasteiger partial charge < -0.3 is 4.74 Å². The first-order valence-electron chi connectivity index (χ1n) is 3.73. The summed E-state index contributed by atoms with van der Waals surface area (Å²) in [6.45, 7) is 5.06. The summed E-state index contributed by atoms with van der Waals surface area (Å²) in [4.78, 5) is 15.6. The fraction of sp³-hybridized carbons (Fsp3) is 0.857. The molecule has 0 aromatic heterocycles. The number of aliphatic imine (C=N–C) groups is 1. The van der Waals surface area contributed by atoms with Crippen molar-refractivity contribution in [3.05, 3.63) is 0 Å². The molecule has 0 spiro atoms. The van der Waals surface area contributed by atoms with Gasteiger partial charge in [-0.05, 0) is 6.92 Å². The lowest BCUT2D eigenvalue weighted by Crippen LogP contribution is -2.41. The van der Waals surface area contributed by atoms with Crippen molar-refractivity contribution in [3.63, 3.8) is 0 Å². The molecule has 0 bridgehead atoms. The molecule has 1 aliphatic rings. The molecule has 0 radical (unpaired) electrons. The Bertz CT molecular complexity index is 160. The van der Waals surface area contributed by atoms with Gasteiger partial charge in [-0.2, -0.15) is 4.99 Å². The summed E-state index contributed by atoms with van der Waals surface area (Å²) in [5.41, 5.74) is 0. The van der Waals surface area contributed by atoms with E-state index in [2.05, 4.69) is 9.89 Å². The number of isocyanates is 1. The van der Waals surface area contributed by atoms with Gasteiger partial charge in [-0.25, -0.2) is 4.79 Å². The van der Waals surface area contributed by atoms with Crippen LogP contribution in [0.15, 0.2) is 4.99 Å². The van der Waals surface area contributed by atoms with E-state index in [0.717, 1.165) is 26.3 Å². The molecule has 1 unspecified atom stereocenters. The molecule has 0 saturated carbocycles. The van der Waals surface area contributed by atoms with Crippen molar-refractivity contribution in [1.29, 1.82) is 0 Å². The zero-order chi connectivity index (χ0) is 8.10. The molecule has 1 fully saturated rings. The average molecular weight is 156 g/mol. The van der Waals surface area contributed by atoms with Gasteiger partial charge in [0.15, 0.2) is 0 Å². The standard InChI is InChI=1S/C7H12N2O2/c1-7(8-6-10)9-2-4-11-5-3-9/h7H,2-5H2,1H3. The van der Waals surface area contributed by atoms with E-state index < -0.39 is 0 Å². The first kappa shape index (κ1) is 8.40. The van der Waals surface area contributed by atoms with Crippen LogP contribution in [0.4, 0.5) is 0 Å². The maximum Gasteiger partial charge on any atom is 0.236 e. The minimum atomic E-state index is -0.0450. The van der Waals surface area contributed by atoms with Crippen LogP contribution in [0.2, 0.25) is 0 Å². The number of hydrogen-bond donors (Lipinski definition) is 0. The van der Waals surface area contributed by atoms with E-state index in [9.17, 15) is 4.79 Å². The van der Waals surface area contributed by atoms with Crippen LogP contribution in [0.25, 0.3) is 0 Å². The summed E-state index contributed by atoms with van der Waals surface area (Å²) in [7, 11) is 0. The SMILES string of the molecule is CC(N=C=O)N1CCOCC1. The van der Waals surface area contributed by atoms with Gasteiger partial charge in [0.1, 0.15) is 6.17 Å². The van der Waals surface area contributed by atoms with E-state index in [-0.39, 0.29) is 6.17 Å². The van der Waals surface area contributed by atoms with E-state index in [0.29, 0.717) is 0 Å². The van der Waals surface area contributed by atoms with Gasteiger partial charge in [0.25, 0.3) is 0 Å². The largest absolute Gasteiger partial charge is 0.379 e. The Balaban J connectivity index is 2.38. The maximum absolute atomic E-state index is 9.91. The molecule has 62 valence electrons. The fourth-order valence-corrected chi connectivity index (χ4v) is 1.11. The van der Waals surface area contributed by atoms with E-state index >= 15 is 0 Å². The quantitative estimate of drug-likeness (QED) is 0.417. The molecular formula is C7H12N2O2. The van der Waals surface area contributed by atoms with Crippen LogP contribution in [0.3, 0.4) is 0 Å². The second-order valence-electron chi connectivity index (χ2n) is 2.50. The topological polar surface area (TPSA) is 41.9 Å². The molecule has 0 aromatic rings. The van der Waals surface area contributed by atoms with E-state index in [4.69, 9.17) is 4.74 Å². The van der Waals surface area contributed by atoms with Crippen LogP contribution < -0.4 is 0 Å². The summed E-state index contributed by atoms with van der Waals surface area (Å²) in [6, 6.07) is 0. The number of rotatable bonds is 2. The Morgan fingerprint density at radius 3 is 2.73 bits per heavy atom. The Labute approximate surface area is 65.9 Å². The molecule has 0 aliphatic carbocycles. The summed E-state index contributed by atoms with van der Waals surface area (Å²) >= 11 is 0. The number of carbonyl (C=O) groups excluding carboxylic acids is 1. The first-order chi connectivity index (χ1) is 5.34. The van der Waals surface area contributed by atoms with Crippen LogP contribution in [0.5, 0.6) is 0 Å². The Morgan fingerprint density at radius 2 is 2.18 bits per heavy atom. The van der Waals surface area contributed by atoms with Crippen molar-refractivity contribution < 1.29 is 9.53 Å². The van der Waals surface area contributed by atoms with Gasteiger partial charge in [0, 0.05) is 13.1 Å². The van der Waals surface area contributed by atoms with E-state index in [1.165, 1.54) is 0 Å². The third-order valence-electron chi connectivity index (χ3n) is 1.81. The Morgan fingerprint density at radius 1 is 1.55 bits per heavy atom. The molecule has 0 aromatic carbocycles. The third-order valence-corrected chi connectivity index (χ3v) is 1.81. The monoisotopic (exact) mass is 156 g/mol. The summed E-state index contributed by atoms with van der Waals surface area (Å²) < 4.78 is 5.15. The molecule has 4 heteroatoms. The van der Waals surface area contributed by atoms with Crippen LogP contribution in [0.1, 0.15) is 6.92 Å². The molecule has 1 heterocycles. The minimum absolute atomic E-state index is 0.0450. The number of hydrogen-bond acceptors (Lipinski definition) is 4. The highest BCUT2D eigenvalue weighted by Crippen LogP contribution is 2.02. The zero-order valence-corrected chi connectivity index (χ0v) is 6.62. The highest BCUT2D eigenvalue weighted by Gasteiger charge is 2.15. The number of nitrogens with zero attached hydrogens (tertiary/aromatic N) is 2. The lowest BCUT2D eigenvalue weighted by atomic mass is 10.4. The molecule has 1 atom stereocenters. The van der Waals surface area contributed by atoms with Crippen LogP contribution in [0, 0.1) is 0 Å². The molecule has 1 aliphatic heterocycles. The second-order valence-corrected chi connectivity index (χ2v) is 2.50. The van der Waals surface area contributed by atoms with Crippen molar-refractivity contribution in [1.82, 2.24) is 4.90 Å². The fourth-order valence-electron chi connectivity index (χ4n) is 1.11. The summed E-state index contributed by atoms with van der Waals surface area (Å²) in [5, 5.41) is 0. The average Bonchev–Trinajstić information content (AvgIpc) is 2.07. The van der Waals surface area contributed by atoms with Crippen molar-refractivity contribution >= 4 is 6.08 Å². The van der Waals surface area contributed by atoms with Crippen LogP contribution in [-0.4, -0.2) is 43.4 Å². The number of ether oxygens (including phenoxy) is 1. The molecule has 1 saturated heterocycles. The molecule has 0 amide bonds. The lowest BCUT2D eigenvalue weighted by molar-refractivity contribution is 0.0220. The number of morpholine rings is 1. The van der Waals surface area contributed by atoms with E-state index in [1.807, 2.05) is 6.92 Å². The second kappa shape index (κ2) is 4.23. The zero-order valence-electron chi connectivity index (χ0n) is 6.62. The molecular weight excluding hydrogens is 144 g/mol. The molecule has 1 rings (SSSR count). The first-order valence-corrected chi connectivity index (χ1v) is 3.73. The highest BCUT2D eigenvalue weighted by atomic mass is 16.5. The normalized spacial score (nSPS) is 22.3. The molecule has 4 nitrogen and oxygen atoms in total. The predicted octanol–water partition coefficient (Wildman–Crippen LogP) is 0.000400. The van der Waals surface area contributed by atoms with Gasteiger partial charge in [-0.15, -0.1) is 0 Å². The van der Waals surface area contributed by atoms with Crippen molar-refractivity contribution in [2.45, 2.75) is 13.1 Å². The highest BCUT2D eigenvalue weighted by molar-refractivity contribution is 5.33. The summed E-state index contributed by atoms with van der Waals surface area (Å²) in [6.07, 6.45) is 1.51. The van der Waals surface area contributed by atoms with Crippen molar-refractivity contribution in [3.8, 4) is 0 Å². The van der Waals surface area contributed by atoms with Crippen LogP contribution in [-0.2, 0) is 9.53 Å². The Kier molecular flexibility index (Phi) is 3.23. The molecule has 0 N–H and O–H groups in total. The van der Waals surface area contributed by atoms with Crippen molar-refractivity contribution in [2.24, 2.45) is 4.99 Å². The van der Waals surface area contributed by atoms with Gasteiger partial charge >= 0.3 is 0 Å². The maximum atomic E-state index is 9.91. The van der Waals surface area contributed by atoms with Gasteiger partial charge in [0.05, 0.1) is 13.2 Å².